The molecule has 0 aliphatic rings. The smallest absolute Gasteiger partial charge is 0.744 e. The number of carbonyl (C=O) groups excluding carboxylic acids is 1. The zero-order valence-electron chi connectivity index (χ0n) is 11.1. The van der Waals surface area contributed by atoms with Crippen LogP contribution in [0.5, 0.6) is 0 Å². The molecule has 0 unspecified atom stereocenters. The van der Waals surface area contributed by atoms with Gasteiger partial charge >= 0.3 is 57.4 Å². The second kappa shape index (κ2) is 7.12. The van der Waals surface area contributed by atoms with E-state index in [4.69, 9.17) is 0 Å². The number of rotatable bonds is 3. The summed E-state index contributed by atoms with van der Waals surface area (Å²) in [6, 6.07) is 9.25. The van der Waals surface area contributed by atoms with Gasteiger partial charge in [-0.25, -0.2) is 8.42 Å². The Kier molecular flexibility index (Phi) is 6.33. The Balaban J connectivity index is 0.00000200. The van der Waals surface area contributed by atoms with Crippen molar-refractivity contribution in [3.63, 3.8) is 0 Å². The molecule has 0 fully saturated rings. The molecule has 2 aromatic rings. The first-order valence-corrected chi connectivity index (χ1v) is 6.87. The number of benzene rings is 2. The minimum Gasteiger partial charge on any atom is -0.744 e. The van der Waals surface area contributed by atoms with Crippen LogP contribution in [0, 0.1) is 0 Å². The van der Waals surface area contributed by atoms with E-state index in [0.717, 1.165) is 0 Å². The van der Waals surface area contributed by atoms with Gasteiger partial charge in [0.15, 0.2) is 0 Å². The molecule has 0 aliphatic carbocycles. The van der Waals surface area contributed by atoms with Crippen molar-refractivity contribution in [2.45, 2.75) is 11.3 Å². The average Bonchev–Trinajstić information content (AvgIpc) is 2.37. The van der Waals surface area contributed by atoms with Crippen molar-refractivity contribution >= 4 is 26.9 Å². The summed E-state index contributed by atoms with van der Waals surface area (Å²) in [7, 11) is -3.27. The Morgan fingerprint density at radius 2 is 1.75 bits per heavy atom. The van der Waals surface area contributed by atoms with Crippen LogP contribution in [-0.2, 0) is 26.1 Å². The van der Waals surface area contributed by atoms with Crippen LogP contribution < -0.4 is 51.4 Å². The number of carbonyl (C=O) groups is 1. The fourth-order valence-electron chi connectivity index (χ4n) is 1.93. The van der Waals surface area contributed by atoms with E-state index in [1.165, 1.54) is 19.2 Å². The number of esters is 1. The molecule has 0 radical (unpaired) electrons. The molecule has 20 heavy (non-hydrogen) atoms. The van der Waals surface area contributed by atoms with Gasteiger partial charge in [0.05, 0.1) is 18.4 Å². The molecular formula is C13H11KO5S. The number of fused-ring (bicyclic) bond motifs is 1. The molecule has 0 amide bonds. The molecule has 0 heterocycles. The van der Waals surface area contributed by atoms with Crippen LogP contribution in [0.2, 0.25) is 0 Å². The summed E-state index contributed by atoms with van der Waals surface area (Å²) >= 11 is 0. The molecule has 0 saturated heterocycles. The van der Waals surface area contributed by atoms with E-state index in [1.807, 2.05) is 0 Å². The predicted molar refractivity (Wildman–Crippen MR) is 67.6 cm³/mol. The third-order valence-corrected chi connectivity index (χ3v) is 3.70. The molecule has 0 saturated carbocycles. The van der Waals surface area contributed by atoms with E-state index >= 15 is 0 Å². The summed E-state index contributed by atoms with van der Waals surface area (Å²) in [5, 5.41) is 0.878. The molecular weight excluding hydrogens is 307 g/mol. The summed E-state index contributed by atoms with van der Waals surface area (Å²) in [6.07, 6.45) is 0.0240. The van der Waals surface area contributed by atoms with Gasteiger partial charge in [-0.2, -0.15) is 0 Å². The first-order chi connectivity index (χ1) is 8.93. The Bertz CT molecular complexity index is 740. The van der Waals surface area contributed by atoms with Crippen molar-refractivity contribution in [2.24, 2.45) is 0 Å². The van der Waals surface area contributed by atoms with Gasteiger partial charge in [0.25, 0.3) is 0 Å². The monoisotopic (exact) mass is 318 g/mol. The van der Waals surface area contributed by atoms with Crippen LogP contribution in [-0.4, -0.2) is 26.0 Å². The zero-order chi connectivity index (χ0) is 14.0. The molecule has 0 aliphatic heterocycles. The molecule has 0 bridgehead atoms. The third kappa shape index (κ3) is 3.88. The summed E-state index contributed by atoms with van der Waals surface area (Å²) in [6.45, 7) is 0. The SMILES string of the molecule is COC(=O)Cc1ccc(S(=O)(=O)[O-])c2ccccc12.[K+]. The third-order valence-electron chi connectivity index (χ3n) is 2.81. The molecule has 0 atom stereocenters. The van der Waals surface area contributed by atoms with E-state index in [9.17, 15) is 17.8 Å². The quantitative estimate of drug-likeness (QED) is 0.389. The molecule has 2 rings (SSSR count). The summed E-state index contributed by atoms with van der Waals surface area (Å²) < 4.78 is 38.1. The van der Waals surface area contributed by atoms with Crippen LogP contribution in [0.15, 0.2) is 41.3 Å². The second-order valence-electron chi connectivity index (χ2n) is 3.98. The van der Waals surface area contributed by atoms with Gasteiger partial charge in [-0.05, 0) is 22.4 Å². The van der Waals surface area contributed by atoms with Crippen LogP contribution in [0.3, 0.4) is 0 Å². The Labute approximate surface area is 159 Å². The van der Waals surface area contributed by atoms with E-state index in [2.05, 4.69) is 4.74 Å². The molecule has 100 valence electrons. The van der Waals surface area contributed by atoms with Crippen LogP contribution in [0.1, 0.15) is 5.56 Å². The zero-order valence-corrected chi connectivity index (χ0v) is 15.1. The fraction of sp³-hybridized carbons (Fsp3) is 0.154. The molecule has 7 heteroatoms. The van der Waals surface area contributed by atoms with E-state index < -0.39 is 16.1 Å². The van der Waals surface area contributed by atoms with Crippen molar-refractivity contribution in [1.29, 1.82) is 0 Å². The van der Waals surface area contributed by atoms with Crippen molar-refractivity contribution in [2.75, 3.05) is 7.11 Å². The molecule has 5 nitrogen and oxygen atoms in total. The Morgan fingerprint density at radius 1 is 1.15 bits per heavy atom. The summed E-state index contributed by atoms with van der Waals surface area (Å²) in [4.78, 5) is 11.0. The number of ether oxygens (including phenoxy) is 1. The van der Waals surface area contributed by atoms with E-state index in [1.54, 1.807) is 24.3 Å². The van der Waals surface area contributed by atoms with E-state index in [0.29, 0.717) is 16.3 Å². The van der Waals surface area contributed by atoms with Crippen molar-refractivity contribution in [3.8, 4) is 0 Å². The topological polar surface area (TPSA) is 83.5 Å². The number of hydrogen-bond acceptors (Lipinski definition) is 5. The standard InChI is InChI=1S/C13H12O5S.K/c1-18-13(14)8-9-6-7-12(19(15,16)17)11-5-3-2-4-10(9)11;/h2-7H,8H2,1H3,(H,15,16,17);/q;+1/p-1. The predicted octanol–water partition coefficient (Wildman–Crippen LogP) is -1.54. The van der Waals surface area contributed by atoms with Crippen LogP contribution in [0.4, 0.5) is 0 Å². The summed E-state index contributed by atoms with van der Waals surface area (Å²) in [5.41, 5.74) is 0.620. The minimum atomic E-state index is -4.55. The van der Waals surface area contributed by atoms with Gasteiger partial charge in [-0.15, -0.1) is 0 Å². The number of hydrogen-bond donors (Lipinski definition) is 0. The largest absolute Gasteiger partial charge is 1.00 e. The summed E-state index contributed by atoms with van der Waals surface area (Å²) in [5.74, 6) is -0.428. The maximum atomic E-state index is 11.3. The Hall–Kier alpha value is -0.284. The van der Waals surface area contributed by atoms with Crippen LogP contribution >= 0.6 is 0 Å². The maximum absolute atomic E-state index is 11.3. The fourth-order valence-corrected chi connectivity index (χ4v) is 2.62. The van der Waals surface area contributed by atoms with Gasteiger partial charge in [0, 0.05) is 0 Å². The van der Waals surface area contributed by atoms with Gasteiger partial charge in [-0.1, -0.05) is 30.3 Å². The van der Waals surface area contributed by atoms with Crippen LogP contribution in [0.25, 0.3) is 10.8 Å². The van der Waals surface area contributed by atoms with Crippen molar-refractivity contribution in [1.82, 2.24) is 0 Å². The molecule has 0 spiro atoms. The maximum Gasteiger partial charge on any atom is 1.00 e. The van der Waals surface area contributed by atoms with Crippen molar-refractivity contribution < 1.29 is 73.9 Å². The van der Waals surface area contributed by atoms with Gasteiger partial charge in [-0.3, -0.25) is 4.79 Å². The van der Waals surface area contributed by atoms with Gasteiger partial charge in [0.1, 0.15) is 10.1 Å². The van der Waals surface area contributed by atoms with Crippen molar-refractivity contribution in [3.05, 3.63) is 42.0 Å². The average molecular weight is 318 g/mol. The molecule has 0 N–H and O–H groups in total. The first kappa shape index (κ1) is 17.8. The van der Waals surface area contributed by atoms with E-state index in [-0.39, 0.29) is 62.7 Å². The molecule has 0 aromatic heterocycles. The minimum absolute atomic E-state index is 0. The Morgan fingerprint density at radius 3 is 2.30 bits per heavy atom. The normalized spacial score (nSPS) is 10.9. The second-order valence-corrected chi connectivity index (χ2v) is 5.32. The van der Waals surface area contributed by atoms with Gasteiger partial charge in [0.2, 0.25) is 0 Å². The van der Waals surface area contributed by atoms with Gasteiger partial charge < -0.3 is 9.29 Å². The molecule has 2 aromatic carbocycles. The number of methoxy groups -OCH3 is 1. The first-order valence-electron chi connectivity index (χ1n) is 5.47.